The summed E-state index contributed by atoms with van der Waals surface area (Å²) in [6.07, 6.45) is 3.38. The normalized spacial score (nSPS) is 11.8. The molecule has 0 aromatic carbocycles. The fraction of sp³-hybridized carbons (Fsp3) is 0.111. The zero-order chi connectivity index (χ0) is 14.5. The van der Waals surface area contributed by atoms with E-state index in [0.29, 0.717) is 0 Å². The Morgan fingerprint density at radius 2 is 1.42 bits per heavy atom. The van der Waals surface area contributed by atoms with E-state index in [9.17, 15) is 13.2 Å². The fourth-order valence-electron chi connectivity index (χ4n) is 0.716. The van der Waals surface area contributed by atoms with Gasteiger partial charge in [0, 0.05) is 12.1 Å². The Bertz CT molecular complexity index is 542. The first-order valence-corrected chi connectivity index (χ1v) is 8.01. The minimum atomic E-state index is -6.09. The summed E-state index contributed by atoms with van der Waals surface area (Å²) >= 11 is -0.229. The van der Waals surface area contributed by atoms with Crippen molar-refractivity contribution in [3.05, 3.63) is 44.3 Å². The highest BCUT2D eigenvalue weighted by Crippen LogP contribution is 2.20. The summed E-state index contributed by atoms with van der Waals surface area (Å²) in [7, 11) is -6.09. The van der Waals surface area contributed by atoms with Crippen molar-refractivity contribution in [3.63, 3.8) is 0 Å². The minimum Gasteiger partial charge on any atom is -0.741 e. The summed E-state index contributed by atoms with van der Waals surface area (Å²) in [5, 5.41) is 0. The Morgan fingerprint density at radius 3 is 1.63 bits per heavy atom. The van der Waals surface area contributed by atoms with Crippen LogP contribution in [0.1, 0.15) is 0 Å². The van der Waals surface area contributed by atoms with Crippen LogP contribution in [0.3, 0.4) is 0 Å². The van der Waals surface area contributed by atoms with E-state index in [4.69, 9.17) is 21.8 Å². The Balaban J connectivity index is 0.000000203. The molecule has 106 valence electrons. The van der Waals surface area contributed by atoms with Crippen molar-refractivity contribution in [2.45, 2.75) is 5.51 Å². The third-order valence-corrected chi connectivity index (χ3v) is 4.30. The lowest BCUT2D eigenvalue weighted by molar-refractivity contribution is -0.636. The molecular formula is C9H6F3IO5S. The van der Waals surface area contributed by atoms with Crippen LogP contribution in [-0.4, -0.2) is 18.5 Å². The highest BCUT2D eigenvalue weighted by molar-refractivity contribution is 7.86. The molecule has 0 atom stereocenters. The highest BCUT2D eigenvalue weighted by atomic mass is 127. The van der Waals surface area contributed by atoms with Gasteiger partial charge in [0.1, 0.15) is 0 Å². The lowest BCUT2D eigenvalue weighted by Crippen LogP contribution is -3.61. The van der Waals surface area contributed by atoms with Gasteiger partial charge in [-0.1, -0.05) is 0 Å². The van der Waals surface area contributed by atoms with E-state index in [1.165, 1.54) is 0 Å². The van der Waals surface area contributed by atoms with E-state index in [1.807, 2.05) is 24.3 Å². The first-order valence-electron chi connectivity index (χ1n) is 4.44. The molecule has 0 fully saturated rings. The van der Waals surface area contributed by atoms with Crippen molar-refractivity contribution >= 4 is 10.1 Å². The Hall–Kier alpha value is -1.01. The maximum atomic E-state index is 10.7. The molecule has 0 aliphatic carbocycles. The van der Waals surface area contributed by atoms with Crippen LogP contribution in [0.2, 0.25) is 0 Å². The molecule has 2 aromatic rings. The van der Waals surface area contributed by atoms with Crippen LogP contribution >= 0.6 is 0 Å². The summed E-state index contributed by atoms with van der Waals surface area (Å²) in [4.78, 5) is 0. The maximum Gasteiger partial charge on any atom is 0.485 e. The summed E-state index contributed by atoms with van der Waals surface area (Å²) in [6.45, 7) is 0. The van der Waals surface area contributed by atoms with E-state index in [1.54, 1.807) is 12.5 Å². The zero-order valence-corrected chi connectivity index (χ0v) is 11.9. The predicted molar refractivity (Wildman–Crippen MR) is 50.6 cm³/mol. The number of hydrogen-bond acceptors (Lipinski definition) is 5. The van der Waals surface area contributed by atoms with Crippen molar-refractivity contribution in [2.24, 2.45) is 0 Å². The van der Waals surface area contributed by atoms with E-state index in [0.717, 1.165) is 7.53 Å². The van der Waals surface area contributed by atoms with Crippen LogP contribution in [0.25, 0.3) is 0 Å². The molecule has 2 rings (SSSR count). The summed E-state index contributed by atoms with van der Waals surface area (Å²) in [6, 6.07) is 7.77. The molecule has 0 radical (unpaired) electrons. The fourth-order valence-corrected chi connectivity index (χ4v) is 2.56. The van der Waals surface area contributed by atoms with E-state index in [-0.39, 0.29) is 21.2 Å². The minimum absolute atomic E-state index is 0.229. The van der Waals surface area contributed by atoms with Crippen LogP contribution in [-0.2, 0) is 10.1 Å². The summed E-state index contributed by atoms with van der Waals surface area (Å²) < 4.78 is 71.4. The van der Waals surface area contributed by atoms with Crippen LogP contribution < -0.4 is 21.2 Å². The first-order chi connectivity index (χ1) is 8.70. The van der Waals surface area contributed by atoms with Gasteiger partial charge >= 0.3 is 34.2 Å². The Labute approximate surface area is 116 Å². The quantitative estimate of drug-likeness (QED) is 0.363. The van der Waals surface area contributed by atoms with Crippen molar-refractivity contribution in [2.75, 3.05) is 0 Å². The van der Waals surface area contributed by atoms with Gasteiger partial charge in [-0.3, -0.25) is 0 Å². The largest absolute Gasteiger partial charge is 0.741 e. The van der Waals surface area contributed by atoms with Gasteiger partial charge in [0.2, 0.25) is 0 Å². The second-order valence-electron chi connectivity index (χ2n) is 2.83. The van der Waals surface area contributed by atoms with Gasteiger partial charge in [-0.05, 0) is 12.1 Å². The molecule has 0 saturated carbocycles. The van der Waals surface area contributed by atoms with Crippen molar-refractivity contribution in [1.29, 1.82) is 0 Å². The lowest BCUT2D eigenvalue weighted by Gasteiger charge is -2.08. The van der Waals surface area contributed by atoms with Crippen molar-refractivity contribution < 1.29 is 56.2 Å². The third-order valence-electron chi connectivity index (χ3n) is 1.44. The third kappa shape index (κ3) is 5.65. The highest BCUT2D eigenvalue weighted by Gasteiger charge is 2.36. The van der Waals surface area contributed by atoms with Crippen molar-refractivity contribution in [3.8, 4) is 0 Å². The monoisotopic (exact) mass is 410 g/mol. The van der Waals surface area contributed by atoms with Gasteiger partial charge in [-0.2, -0.15) is 13.2 Å². The number of alkyl halides is 3. The molecule has 5 nitrogen and oxygen atoms in total. The molecular weight excluding hydrogens is 404 g/mol. The average molecular weight is 410 g/mol. The molecule has 0 unspecified atom stereocenters. The molecule has 0 saturated heterocycles. The molecule has 2 aromatic heterocycles. The van der Waals surface area contributed by atoms with Crippen LogP contribution in [0.15, 0.2) is 45.6 Å². The smallest absolute Gasteiger partial charge is 0.485 e. The standard InChI is InChI=1S/C8H6IO2.CHF3O3S/c1-3-7(10-5-1)9-8-4-2-6-11-8;2-1(3,4)8(5,6)7/h1-6H;(H,5,6,7)/q+1;/p-1. The van der Waals surface area contributed by atoms with Crippen LogP contribution in [0.4, 0.5) is 13.2 Å². The number of rotatable bonds is 2. The summed E-state index contributed by atoms with van der Waals surface area (Å²) in [5.74, 6) is 0. The molecule has 0 aliphatic heterocycles. The first kappa shape index (κ1) is 16.0. The number of furan rings is 2. The van der Waals surface area contributed by atoms with Gasteiger partial charge in [-0.25, -0.2) is 8.42 Å². The molecule has 19 heavy (non-hydrogen) atoms. The topological polar surface area (TPSA) is 83.5 Å². The number of hydrogen-bond donors (Lipinski definition) is 0. The van der Waals surface area contributed by atoms with E-state index >= 15 is 0 Å². The second kappa shape index (κ2) is 6.43. The predicted octanol–water partition coefficient (Wildman–Crippen LogP) is -0.948. The molecule has 0 aliphatic rings. The molecule has 10 heteroatoms. The second-order valence-corrected chi connectivity index (χ2v) is 6.87. The van der Waals surface area contributed by atoms with Crippen LogP contribution in [0, 0.1) is 7.53 Å². The number of halogens is 4. The van der Waals surface area contributed by atoms with Gasteiger partial charge < -0.3 is 13.4 Å². The SMILES string of the molecule is O=S(=O)([O-])C(F)(F)F.c1coc([I+]c2ccco2)c1. The van der Waals surface area contributed by atoms with E-state index < -0.39 is 15.6 Å². The van der Waals surface area contributed by atoms with Gasteiger partial charge in [-0.15, -0.1) is 0 Å². The molecule has 0 bridgehead atoms. The zero-order valence-electron chi connectivity index (χ0n) is 8.93. The average Bonchev–Trinajstić information content (AvgIpc) is 2.89. The van der Waals surface area contributed by atoms with Gasteiger partial charge in [0.25, 0.3) is 0 Å². The maximum absolute atomic E-state index is 10.7. The lowest BCUT2D eigenvalue weighted by atomic mass is 10.7. The molecule has 2 heterocycles. The molecule has 0 spiro atoms. The van der Waals surface area contributed by atoms with Crippen LogP contribution in [0.5, 0.6) is 0 Å². The summed E-state index contributed by atoms with van der Waals surface area (Å²) in [5.41, 5.74) is -5.65. The Morgan fingerprint density at radius 1 is 1.05 bits per heavy atom. The van der Waals surface area contributed by atoms with Crippen molar-refractivity contribution in [1.82, 2.24) is 0 Å². The van der Waals surface area contributed by atoms with Gasteiger partial charge in [0.05, 0.1) is 12.5 Å². The molecule has 0 N–H and O–H groups in total. The Kier molecular flexibility index (Phi) is 5.43. The van der Waals surface area contributed by atoms with Gasteiger partial charge in [0.15, 0.2) is 10.1 Å². The molecule has 0 amide bonds. The van der Waals surface area contributed by atoms with E-state index in [2.05, 4.69) is 0 Å².